The van der Waals surface area contributed by atoms with Gasteiger partial charge in [0.25, 0.3) is 5.91 Å². The van der Waals surface area contributed by atoms with Crippen LogP contribution >= 0.6 is 11.3 Å². The van der Waals surface area contributed by atoms with Crippen LogP contribution in [0.2, 0.25) is 0 Å². The van der Waals surface area contributed by atoms with Crippen molar-refractivity contribution in [3.63, 3.8) is 0 Å². The van der Waals surface area contributed by atoms with Crippen LogP contribution in [0.15, 0.2) is 29.6 Å². The Hall–Kier alpha value is -1.92. The summed E-state index contributed by atoms with van der Waals surface area (Å²) in [4.78, 5) is 19.1. The molecule has 1 atom stereocenters. The maximum atomic E-state index is 12.2. The van der Waals surface area contributed by atoms with Crippen molar-refractivity contribution in [2.75, 3.05) is 18.4 Å². The Kier molecular flexibility index (Phi) is 4.93. The molecule has 1 aromatic heterocycles. The van der Waals surface area contributed by atoms with Crippen molar-refractivity contribution < 1.29 is 9.90 Å². The van der Waals surface area contributed by atoms with E-state index in [0.717, 1.165) is 31.2 Å². The molecule has 23 heavy (non-hydrogen) atoms. The number of amides is 1. The molecule has 0 spiro atoms. The molecule has 0 aliphatic carbocycles. The lowest BCUT2D eigenvalue weighted by Gasteiger charge is -2.30. The summed E-state index contributed by atoms with van der Waals surface area (Å²) in [5.41, 5.74) is 1.24. The molecule has 1 amide bonds. The van der Waals surface area contributed by atoms with Gasteiger partial charge in [-0.2, -0.15) is 0 Å². The molecule has 0 bridgehead atoms. The van der Waals surface area contributed by atoms with Crippen LogP contribution in [0.5, 0.6) is 5.75 Å². The van der Waals surface area contributed by atoms with Crippen molar-refractivity contribution in [2.45, 2.75) is 26.3 Å². The highest BCUT2D eigenvalue weighted by Gasteiger charge is 2.18. The quantitative estimate of drug-likeness (QED) is 0.902. The van der Waals surface area contributed by atoms with Crippen LogP contribution in [0.3, 0.4) is 0 Å². The number of carbonyl (C=O) groups excluding carboxylic acids is 1. The van der Waals surface area contributed by atoms with E-state index in [2.05, 4.69) is 22.1 Å². The van der Waals surface area contributed by atoms with Crippen LogP contribution < -0.4 is 5.32 Å². The molecule has 5 nitrogen and oxygen atoms in total. The number of hydrogen-bond donors (Lipinski definition) is 2. The number of benzene rings is 1. The monoisotopic (exact) mass is 331 g/mol. The second-order valence-electron chi connectivity index (χ2n) is 6.10. The van der Waals surface area contributed by atoms with Gasteiger partial charge in [0.15, 0.2) is 5.13 Å². The number of para-hydroxylation sites is 1. The molecular weight excluding hydrogens is 310 g/mol. The second kappa shape index (κ2) is 7.10. The predicted molar refractivity (Wildman–Crippen MR) is 91.8 cm³/mol. The normalized spacial score (nSPS) is 18.7. The molecule has 122 valence electrons. The van der Waals surface area contributed by atoms with Crippen molar-refractivity contribution in [3.8, 4) is 5.75 Å². The standard InChI is InChI=1S/C17H21N3O2S/c1-12-5-4-8-20(9-12)10-13-11-23-17(18-13)19-16(22)14-6-2-3-7-15(14)21/h2-3,6-7,11-12,21H,4-5,8-10H2,1H3,(H,18,19,22)/t12-/m1/s1. The van der Waals surface area contributed by atoms with Crippen LogP contribution in [-0.2, 0) is 6.54 Å². The predicted octanol–water partition coefficient (Wildman–Crippen LogP) is 3.33. The van der Waals surface area contributed by atoms with Crippen LogP contribution in [0.25, 0.3) is 0 Å². The van der Waals surface area contributed by atoms with Crippen LogP contribution in [0, 0.1) is 5.92 Å². The van der Waals surface area contributed by atoms with E-state index in [4.69, 9.17) is 0 Å². The molecule has 1 aromatic carbocycles. The number of nitrogens with zero attached hydrogens (tertiary/aromatic N) is 2. The smallest absolute Gasteiger partial charge is 0.261 e. The van der Waals surface area contributed by atoms with E-state index < -0.39 is 0 Å². The van der Waals surface area contributed by atoms with E-state index in [9.17, 15) is 9.90 Å². The Morgan fingerprint density at radius 2 is 2.30 bits per heavy atom. The Labute approximate surface area is 140 Å². The van der Waals surface area contributed by atoms with E-state index in [1.807, 2.05) is 5.38 Å². The number of aromatic hydroxyl groups is 1. The van der Waals surface area contributed by atoms with Crippen molar-refractivity contribution in [3.05, 3.63) is 40.9 Å². The second-order valence-corrected chi connectivity index (χ2v) is 6.96. The lowest BCUT2D eigenvalue weighted by Crippen LogP contribution is -2.33. The number of rotatable bonds is 4. The fraction of sp³-hybridized carbons (Fsp3) is 0.412. The molecule has 3 rings (SSSR count). The third kappa shape index (κ3) is 4.09. The number of likely N-dealkylation sites (tertiary alicyclic amines) is 1. The summed E-state index contributed by atoms with van der Waals surface area (Å²) in [7, 11) is 0. The number of carbonyl (C=O) groups is 1. The Morgan fingerprint density at radius 3 is 3.09 bits per heavy atom. The minimum atomic E-state index is -0.337. The maximum Gasteiger partial charge on any atom is 0.261 e. The third-order valence-electron chi connectivity index (χ3n) is 4.05. The highest BCUT2D eigenvalue weighted by Crippen LogP contribution is 2.22. The zero-order chi connectivity index (χ0) is 16.2. The van der Waals surface area contributed by atoms with Crippen molar-refractivity contribution in [2.24, 2.45) is 5.92 Å². The molecule has 2 heterocycles. The summed E-state index contributed by atoms with van der Waals surface area (Å²) in [5, 5.41) is 15.0. The van der Waals surface area contributed by atoms with E-state index in [1.54, 1.807) is 18.2 Å². The molecule has 1 fully saturated rings. The average Bonchev–Trinajstić information content (AvgIpc) is 2.94. The number of piperidine rings is 1. The Bertz CT molecular complexity index is 686. The first kappa shape index (κ1) is 16.0. The number of phenols is 1. The van der Waals surface area contributed by atoms with Gasteiger partial charge in [0.1, 0.15) is 5.75 Å². The summed E-state index contributed by atoms with van der Waals surface area (Å²) in [6.45, 7) is 5.33. The van der Waals surface area contributed by atoms with E-state index in [-0.39, 0.29) is 17.2 Å². The zero-order valence-electron chi connectivity index (χ0n) is 13.2. The minimum Gasteiger partial charge on any atom is -0.507 e. The highest BCUT2D eigenvalue weighted by atomic mass is 32.1. The molecular formula is C17H21N3O2S. The summed E-state index contributed by atoms with van der Waals surface area (Å²) < 4.78 is 0. The van der Waals surface area contributed by atoms with Gasteiger partial charge in [-0.1, -0.05) is 19.1 Å². The molecule has 0 unspecified atom stereocenters. The Balaban J connectivity index is 1.61. The average molecular weight is 331 g/mol. The number of nitrogens with one attached hydrogen (secondary N) is 1. The van der Waals surface area contributed by atoms with Gasteiger partial charge in [0.05, 0.1) is 11.3 Å². The number of aromatic nitrogens is 1. The third-order valence-corrected chi connectivity index (χ3v) is 4.85. The van der Waals surface area contributed by atoms with Crippen LogP contribution in [-0.4, -0.2) is 34.0 Å². The number of thiazole rings is 1. The van der Waals surface area contributed by atoms with Gasteiger partial charge in [-0.05, 0) is 37.4 Å². The highest BCUT2D eigenvalue weighted by molar-refractivity contribution is 7.14. The number of hydrogen-bond acceptors (Lipinski definition) is 5. The van der Waals surface area contributed by atoms with Gasteiger partial charge in [-0.15, -0.1) is 11.3 Å². The first-order valence-corrected chi connectivity index (χ1v) is 8.76. The van der Waals surface area contributed by atoms with Gasteiger partial charge in [0, 0.05) is 18.5 Å². The van der Waals surface area contributed by atoms with Crippen molar-refractivity contribution >= 4 is 22.4 Å². The summed E-state index contributed by atoms with van der Waals surface area (Å²) in [6.07, 6.45) is 2.54. The number of anilines is 1. The largest absolute Gasteiger partial charge is 0.507 e. The first-order valence-electron chi connectivity index (χ1n) is 7.88. The summed E-state index contributed by atoms with van der Waals surface area (Å²) in [5.74, 6) is 0.377. The van der Waals surface area contributed by atoms with E-state index >= 15 is 0 Å². The van der Waals surface area contributed by atoms with Crippen molar-refractivity contribution in [1.82, 2.24) is 9.88 Å². The first-order chi connectivity index (χ1) is 11.1. The van der Waals surface area contributed by atoms with Gasteiger partial charge < -0.3 is 5.11 Å². The van der Waals surface area contributed by atoms with Gasteiger partial charge >= 0.3 is 0 Å². The maximum absolute atomic E-state index is 12.2. The lowest BCUT2D eigenvalue weighted by atomic mass is 10.0. The van der Waals surface area contributed by atoms with E-state index in [0.29, 0.717) is 5.13 Å². The van der Waals surface area contributed by atoms with Crippen LogP contribution in [0.1, 0.15) is 35.8 Å². The molecule has 2 N–H and O–H groups in total. The minimum absolute atomic E-state index is 0.0240. The van der Waals surface area contributed by atoms with Crippen molar-refractivity contribution in [1.29, 1.82) is 0 Å². The summed E-state index contributed by atoms with van der Waals surface area (Å²) >= 11 is 1.42. The Morgan fingerprint density at radius 1 is 1.48 bits per heavy atom. The molecule has 1 aliphatic rings. The van der Waals surface area contributed by atoms with Gasteiger partial charge in [-0.3, -0.25) is 15.0 Å². The molecule has 1 aliphatic heterocycles. The zero-order valence-corrected chi connectivity index (χ0v) is 14.0. The SMILES string of the molecule is C[C@@H]1CCCN(Cc2csc(NC(=O)c3ccccc3O)n2)C1. The molecule has 0 saturated carbocycles. The lowest BCUT2D eigenvalue weighted by molar-refractivity contribution is 0.102. The topological polar surface area (TPSA) is 65.5 Å². The van der Waals surface area contributed by atoms with E-state index in [1.165, 1.54) is 30.2 Å². The molecule has 0 radical (unpaired) electrons. The van der Waals surface area contributed by atoms with Crippen LogP contribution in [0.4, 0.5) is 5.13 Å². The van der Waals surface area contributed by atoms with Gasteiger partial charge in [-0.25, -0.2) is 4.98 Å². The van der Waals surface area contributed by atoms with Gasteiger partial charge in [0.2, 0.25) is 0 Å². The number of phenolic OH excluding ortho intramolecular Hbond substituents is 1. The summed E-state index contributed by atoms with van der Waals surface area (Å²) in [6, 6.07) is 6.50. The fourth-order valence-corrected chi connectivity index (χ4v) is 3.62. The fourth-order valence-electron chi connectivity index (χ4n) is 2.93. The molecule has 1 saturated heterocycles. The molecule has 2 aromatic rings. The molecule has 6 heteroatoms.